The van der Waals surface area contributed by atoms with E-state index in [0.29, 0.717) is 24.0 Å². The molecule has 3 saturated heterocycles. The molecule has 0 aromatic heterocycles. The Kier molecular flexibility index (Phi) is 11.4. The third-order valence-corrected chi connectivity index (χ3v) is 9.11. The number of nitrogens with zero attached hydrogens (tertiary/aromatic N) is 3. The predicted molar refractivity (Wildman–Crippen MR) is 165 cm³/mol. The molecule has 3 rings (SSSR count). The summed E-state index contributed by atoms with van der Waals surface area (Å²) in [6.45, 7) is 24.1. The Balaban J connectivity index is 1.33. The Morgan fingerprint density at radius 2 is 1.41 bits per heavy atom. The van der Waals surface area contributed by atoms with E-state index in [-0.39, 0.29) is 47.4 Å². The van der Waals surface area contributed by atoms with E-state index in [0.717, 1.165) is 39.0 Å². The smallest absolute Gasteiger partial charge is 0.244 e. The van der Waals surface area contributed by atoms with Crippen LogP contribution in [-0.4, -0.2) is 106 Å². The van der Waals surface area contributed by atoms with E-state index >= 15 is 0 Å². The van der Waals surface area contributed by atoms with Gasteiger partial charge in [-0.3, -0.25) is 29.1 Å². The van der Waals surface area contributed by atoms with Crippen molar-refractivity contribution in [2.45, 2.75) is 116 Å². The Morgan fingerprint density at radius 1 is 0.854 bits per heavy atom. The molecular formula is C32H54N6O3. The highest BCUT2D eigenvalue weighted by atomic mass is 16.2. The molecule has 6 atom stereocenters. The lowest BCUT2D eigenvalue weighted by Gasteiger charge is -2.53. The van der Waals surface area contributed by atoms with Gasteiger partial charge in [0.2, 0.25) is 17.7 Å². The summed E-state index contributed by atoms with van der Waals surface area (Å²) in [5.41, 5.74) is -0.248. The van der Waals surface area contributed by atoms with Gasteiger partial charge in [0, 0.05) is 56.4 Å². The number of likely N-dealkylation sites (tertiary alicyclic amines) is 3. The third kappa shape index (κ3) is 8.52. The van der Waals surface area contributed by atoms with Gasteiger partial charge in [0.25, 0.3) is 0 Å². The second-order valence-corrected chi connectivity index (χ2v) is 13.3. The zero-order valence-corrected chi connectivity index (χ0v) is 26.5. The summed E-state index contributed by atoms with van der Waals surface area (Å²) in [5, 5.41) is 9.32. The highest BCUT2D eigenvalue weighted by Gasteiger charge is 2.43. The van der Waals surface area contributed by atoms with Crippen molar-refractivity contribution in [3.63, 3.8) is 0 Å². The van der Waals surface area contributed by atoms with E-state index in [1.54, 1.807) is 12.2 Å². The molecule has 3 heterocycles. The van der Waals surface area contributed by atoms with Crippen LogP contribution in [0.15, 0.2) is 37.0 Å². The van der Waals surface area contributed by atoms with Crippen LogP contribution in [0.5, 0.6) is 0 Å². The molecule has 3 fully saturated rings. The molecule has 41 heavy (non-hydrogen) atoms. The van der Waals surface area contributed by atoms with Gasteiger partial charge >= 0.3 is 0 Å². The average Bonchev–Trinajstić information content (AvgIpc) is 2.85. The van der Waals surface area contributed by atoms with Crippen molar-refractivity contribution >= 4 is 17.7 Å². The Labute approximate surface area is 247 Å². The van der Waals surface area contributed by atoms with E-state index in [9.17, 15) is 14.4 Å². The monoisotopic (exact) mass is 570 g/mol. The lowest BCUT2D eigenvalue weighted by molar-refractivity contribution is -0.121. The molecule has 0 aliphatic carbocycles. The normalized spacial score (nSPS) is 28.1. The number of nitrogens with one attached hydrogen (secondary N) is 3. The fourth-order valence-electron chi connectivity index (χ4n) is 6.57. The van der Waals surface area contributed by atoms with Gasteiger partial charge in [0.1, 0.15) is 0 Å². The third-order valence-electron chi connectivity index (χ3n) is 9.11. The van der Waals surface area contributed by atoms with Crippen LogP contribution in [0.3, 0.4) is 0 Å². The first-order valence-electron chi connectivity index (χ1n) is 15.4. The van der Waals surface area contributed by atoms with Crippen LogP contribution in [0, 0.1) is 5.92 Å². The Bertz CT molecular complexity index is 1000. The van der Waals surface area contributed by atoms with Crippen LogP contribution >= 0.6 is 0 Å². The molecule has 6 unspecified atom stereocenters. The number of hydrogen-bond donors (Lipinski definition) is 3. The van der Waals surface area contributed by atoms with Gasteiger partial charge < -0.3 is 16.0 Å². The van der Waals surface area contributed by atoms with Crippen molar-refractivity contribution < 1.29 is 14.4 Å². The molecule has 3 N–H and O–H groups in total. The zero-order valence-electron chi connectivity index (χ0n) is 26.5. The zero-order chi connectivity index (χ0) is 30.5. The summed E-state index contributed by atoms with van der Waals surface area (Å²) < 4.78 is 0. The highest BCUT2D eigenvalue weighted by Crippen LogP contribution is 2.29. The molecule has 0 aromatic rings. The largest absolute Gasteiger partial charge is 0.347 e. The first kappa shape index (κ1) is 33.0. The summed E-state index contributed by atoms with van der Waals surface area (Å²) in [6.07, 6.45) is 10.1. The standard InChI is InChI=1S/C32H54N6O3/c1-10-28(39)34-27-18-38(31(27)21(2)3)24(7)14-12-16-30(41)35-32(9)19-36(20-32)23(6)13-11-15-29(40)33-26-17-37(22(4)5)25(26)8/h10-12,15-16,21-27,31H,1,13-14,17-20H2,2-9H3,(H,33,40)(H,34,39)(H,35,41)/b15-11+,16-12+. The number of rotatable bonds is 14. The summed E-state index contributed by atoms with van der Waals surface area (Å²) in [7, 11) is 0. The predicted octanol–water partition coefficient (Wildman–Crippen LogP) is 2.45. The molecular weight excluding hydrogens is 516 g/mol. The molecule has 0 bridgehead atoms. The van der Waals surface area contributed by atoms with Gasteiger partial charge in [-0.15, -0.1) is 0 Å². The van der Waals surface area contributed by atoms with Crippen LogP contribution in [0.1, 0.15) is 68.2 Å². The highest BCUT2D eigenvalue weighted by molar-refractivity contribution is 5.88. The first-order chi connectivity index (χ1) is 19.2. The average molecular weight is 571 g/mol. The number of hydrogen-bond acceptors (Lipinski definition) is 6. The lowest BCUT2D eigenvalue weighted by Crippen LogP contribution is -2.70. The summed E-state index contributed by atoms with van der Waals surface area (Å²) in [5.74, 6) is 0.202. The van der Waals surface area contributed by atoms with Gasteiger partial charge in [0.05, 0.1) is 17.6 Å². The fraction of sp³-hybridized carbons (Fsp3) is 0.719. The van der Waals surface area contributed by atoms with E-state index < -0.39 is 0 Å². The van der Waals surface area contributed by atoms with Gasteiger partial charge in [-0.2, -0.15) is 0 Å². The Hall–Kier alpha value is -2.49. The first-order valence-corrected chi connectivity index (χ1v) is 15.4. The minimum atomic E-state index is -0.248. The maximum atomic E-state index is 12.6. The van der Waals surface area contributed by atoms with Crippen molar-refractivity contribution in [3.8, 4) is 0 Å². The number of carbonyl (C=O) groups is 3. The van der Waals surface area contributed by atoms with E-state index in [1.165, 1.54) is 6.08 Å². The van der Waals surface area contributed by atoms with Crippen molar-refractivity contribution in [2.75, 3.05) is 26.2 Å². The number of amides is 3. The van der Waals surface area contributed by atoms with Gasteiger partial charge in [0.15, 0.2) is 0 Å². The molecule has 9 heteroatoms. The molecule has 3 amide bonds. The topological polar surface area (TPSA) is 97.0 Å². The quantitative estimate of drug-likeness (QED) is 0.278. The minimum absolute atomic E-state index is 0.0209. The fourth-order valence-corrected chi connectivity index (χ4v) is 6.57. The molecule has 0 aromatic carbocycles. The summed E-state index contributed by atoms with van der Waals surface area (Å²) in [4.78, 5) is 43.8. The second kappa shape index (κ2) is 14.1. The van der Waals surface area contributed by atoms with E-state index in [4.69, 9.17) is 0 Å². The van der Waals surface area contributed by atoms with Crippen molar-refractivity contribution in [1.82, 2.24) is 30.7 Å². The van der Waals surface area contributed by atoms with Crippen LogP contribution in [0.4, 0.5) is 0 Å². The number of carbonyl (C=O) groups excluding carboxylic acids is 3. The Morgan fingerprint density at radius 3 is 1.98 bits per heavy atom. The van der Waals surface area contributed by atoms with Crippen molar-refractivity contribution in [1.29, 1.82) is 0 Å². The SMILES string of the molecule is C=CC(=O)NC1CN(C(C)C/C=C/C(=O)NC2(C)CN(C(C)C/C=C/C(=O)NC3CN(C(C)C)C3C)C2)C1C(C)C. The molecule has 3 aliphatic rings. The van der Waals surface area contributed by atoms with Crippen LogP contribution in [0.25, 0.3) is 0 Å². The molecule has 230 valence electrons. The van der Waals surface area contributed by atoms with Crippen molar-refractivity contribution in [2.24, 2.45) is 5.92 Å². The van der Waals surface area contributed by atoms with Crippen LogP contribution in [-0.2, 0) is 14.4 Å². The molecule has 0 saturated carbocycles. The summed E-state index contributed by atoms with van der Waals surface area (Å²) in [6, 6.07) is 2.10. The van der Waals surface area contributed by atoms with Crippen LogP contribution in [0.2, 0.25) is 0 Å². The molecule has 0 spiro atoms. The summed E-state index contributed by atoms with van der Waals surface area (Å²) >= 11 is 0. The maximum absolute atomic E-state index is 12.6. The maximum Gasteiger partial charge on any atom is 0.244 e. The van der Waals surface area contributed by atoms with E-state index in [1.807, 2.05) is 12.2 Å². The second-order valence-electron chi connectivity index (χ2n) is 13.3. The van der Waals surface area contributed by atoms with Crippen molar-refractivity contribution in [3.05, 3.63) is 37.0 Å². The van der Waals surface area contributed by atoms with Gasteiger partial charge in [-0.1, -0.05) is 32.6 Å². The van der Waals surface area contributed by atoms with Crippen LogP contribution < -0.4 is 16.0 Å². The molecule has 3 aliphatic heterocycles. The lowest BCUT2D eigenvalue weighted by atomic mass is 9.84. The van der Waals surface area contributed by atoms with Gasteiger partial charge in [-0.05, 0) is 78.5 Å². The van der Waals surface area contributed by atoms with E-state index in [2.05, 4.69) is 92.6 Å². The minimum Gasteiger partial charge on any atom is -0.347 e. The molecule has 9 nitrogen and oxygen atoms in total. The van der Waals surface area contributed by atoms with Gasteiger partial charge in [-0.25, -0.2) is 0 Å². The molecule has 0 radical (unpaired) electrons.